The molecule has 4 rings (SSSR count). The van der Waals surface area contributed by atoms with Crippen molar-refractivity contribution in [1.82, 2.24) is 10.6 Å². The van der Waals surface area contributed by atoms with Crippen LogP contribution in [-0.4, -0.2) is 19.2 Å². The van der Waals surface area contributed by atoms with E-state index in [9.17, 15) is 0 Å². The van der Waals surface area contributed by atoms with E-state index < -0.39 is 0 Å². The molecule has 0 spiro atoms. The van der Waals surface area contributed by atoms with E-state index in [4.69, 9.17) is 4.74 Å². The molecular formula is C21H26N2O. The molecule has 4 atom stereocenters. The van der Waals surface area contributed by atoms with Crippen molar-refractivity contribution in [3.8, 4) is 5.75 Å². The zero-order valence-corrected chi connectivity index (χ0v) is 14.2. The van der Waals surface area contributed by atoms with E-state index in [1.165, 1.54) is 30.4 Å². The van der Waals surface area contributed by atoms with Gasteiger partial charge in [0, 0.05) is 30.2 Å². The Kier molecular flexibility index (Phi) is 4.54. The highest BCUT2D eigenvalue weighted by atomic mass is 16.5. The quantitative estimate of drug-likeness (QED) is 0.881. The average Bonchev–Trinajstić information content (AvgIpc) is 3.22. The maximum Gasteiger partial charge on any atom is 0.123 e. The monoisotopic (exact) mass is 322 g/mol. The predicted molar refractivity (Wildman–Crippen MR) is 97.1 cm³/mol. The molecule has 0 radical (unpaired) electrons. The molecule has 2 aromatic carbocycles. The summed E-state index contributed by atoms with van der Waals surface area (Å²) in [6, 6.07) is 20.7. The lowest BCUT2D eigenvalue weighted by Gasteiger charge is -2.25. The van der Waals surface area contributed by atoms with Crippen LogP contribution in [0.1, 0.15) is 36.4 Å². The zero-order chi connectivity index (χ0) is 16.4. The molecule has 1 heterocycles. The molecule has 1 aliphatic heterocycles. The fourth-order valence-corrected chi connectivity index (χ4v) is 4.52. The summed E-state index contributed by atoms with van der Waals surface area (Å²) >= 11 is 0. The summed E-state index contributed by atoms with van der Waals surface area (Å²) < 4.78 is 5.50. The summed E-state index contributed by atoms with van der Waals surface area (Å²) in [6.45, 7) is 0.850. The largest absolute Gasteiger partial charge is 0.496 e. The average molecular weight is 322 g/mol. The van der Waals surface area contributed by atoms with Crippen molar-refractivity contribution in [1.29, 1.82) is 0 Å². The molecule has 1 aliphatic carbocycles. The van der Waals surface area contributed by atoms with E-state index in [2.05, 4.69) is 53.1 Å². The Hall–Kier alpha value is -1.84. The molecule has 3 nitrogen and oxygen atoms in total. The minimum Gasteiger partial charge on any atom is -0.496 e. The smallest absolute Gasteiger partial charge is 0.123 e. The number of fused-ring (bicyclic) bond motifs is 1. The van der Waals surface area contributed by atoms with Crippen LogP contribution >= 0.6 is 0 Å². The van der Waals surface area contributed by atoms with E-state index in [0.29, 0.717) is 18.1 Å². The molecule has 3 heteroatoms. The first-order valence-corrected chi connectivity index (χ1v) is 9.03. The van der Waals surface area contributed by atoms with Gasteiger partial charge in [-0.25, -0.2) is 0 Å². The topological polar surface area (TPSA) is 33.3 Å². The Morgan fingerprint density at radius 2 is 1.83 bits per heavy atom. The Bertz CT molecular complexity index is 673. The number of methoxy groups -OCH3 is 1. The van der Waals surface area contributed by atoms with Crippen LogP contribution in [0.15, 0.2) is 54.6 Å². The molecule has 24 heavy (non-hydrogen) atoms. The molecule has 0 bridgehead atoms. The van der Waals surface area contributed by atoms with Gasteiger partial charge < -0.3 is 15.4 Å². The van der Waals surface area contributed by atoms with Gasteiger partial charge >= 0.3 is 0 Å². The van der Waals surface area contributed by atoms with Gasteiger partial charge in [-0.15, -0.1) is 0 Å². The third-order valence-corrected chi connectivity index (χ3v) is 5.66. The fraction of sp³-hybridized carbons (Fsp3) is 0.429. The summed E-state index contributed by atoms with van der Waals surface area (Å²) in [5.41, 5.74) is 2.62. The number of hydrogen-bond donors (Lipinski definition) is 2. The maximum atomic E-state index is 5.50. The first kappa shape index (κ1) is 15.7. The van der Waals surface area contributed by atoms with Crippen LogP contribution in [0, 0.1) is 5.92 Å². The van der Waals surface area contributed by atoms with E-state index in [1.807, 2.05) is 12.1 Å². The van der Waals surface area contributed by atoms with Crippen molar-refractivity contribution in [2.24, 2.45) is 5.92 Å². The van der Waals surface area contributed by atoms with Crippen LogP contribution in [0.3, 0.4) is 0 Å². The summed E-state index contributed by atoms with van der Waals surface area (Å²) in [5, 5.41) is 7.74. The lowest BCUT2D eigenvalue weighted by molar-refractivity contribution is 0.365. The van der Waals surface area contributed by atoms with Crippen molar-refractivity contribution in [2.45, 2.75) is 43.9 Å². The minimum absolute atomic E-state index is 0.399. The molecule has 0 amide bonds. The van der Waals surface area contributed by atoms with Gasteiger partial charge in [-0.3, -0.25) is 0 Å². The molecule has 1 saturated heterocycles. The Labute approximate surface area is 144 Å². The highest BCUT2D eigenvalue weighted by Gasteiger charge is 2.45. The summed E-state index contributed by atoms with van der Waals surface area (Å²) in [7, 11) is 1.75. The summed E-state index contributed by atoms with van der Waals surface area (Å²) in [4.78, 5) is 0. The Morgan fingerprint density at radius 3 is 2.67 bits per heavy atom. The summed E-state index contributed by atoms with van der Waals surface area (Å²) in [5.74, 6) is 1.69. The lowest BCUT2D eigenvalue weighted by atomic mass is 9.91. The van der Waals surface area contributed by atoms with Crippen LogP contribution in [0.4, 0.5) is 0 Å². The molecule has 4 unspecified atom stereocenters. The predicted octanol–water partition coefficient (Wildman–Crippen LogP) is 3.67. The molecule has 126 valence electrons. The summed E-state index contributed by atoms with van der Waals surface area (Å²) in [6.07, 6.45) is 3.97. The number of benzene rings is 2. The van der Waals surface area contributed by atoms with Crippen molar-refractivity contribution in [3.05, 3.63) is 65.7 Å². The molecular weight excluding hydrogens is 296 g/mol. The van der Waals surface area contributed by atoms with Crippen molar-refractivity contribution in [3.63, 3.8) is 0 Å². The molecule has 2 aliphatic rings. The second-order valence-electron chi connectivity index (χ2n) is 6.97. The van der Waals surface area contributed by atoms with Gasteiger partial charge in [-0.2, -0.15) is 0 Å². The van der Waals surface area contributed by atoms with Gasteiger partial charge in [0.2, 0.25) is 0 Å². The first-order valence-electron chi connectivity index (χ1n) is 9.03. The Morgan fingerprint density at radius 1 is 1.04 bits per heavy atom. The van der Waals surface area contributed by atoms with Crippen molar-refractivity contribution >= 4 is 0 Å². The normalized spacial score (nSPS) is 28.7. The van der Waals surface area contributed by atoms with Crippen molar-refractivity contribution in [2.75, 3.05) is 7.11 Å². The number of rotatable bonds is 5. The first-order chi connectivity index (χ1) is 11.9. The van der Waals surface area contributed by atoms with Gasteiger partial charge in [0.05, 0.1) is 7.11 Å². The maximum absolute atomic E-state index is 5.50. The van der Waals surface area contributed by atoms with Crippen molar-refractivity contribution < 1.29 is 4.74 Å². The Balaban J connectivity index is 1.54. The van der Waals surface area contributed by atoms with Gasteiger partial charge in [-0.05, 0) is 30.4 Å². The van der Waals surface area contributed by atoms with Gasteiger partial charge in [0.1, 0.15) is 5.75 Å². The van der Waals surface area contributed by atoms with Crippen LogP contribution in [0.5, 0.6) is 5.75 Å². The van der Waals surface area contributed by atoms with Gasteiger partial charge in [0.15, 0.2) is 0 Å². The molecule has 2 N–H and O–H groups in total. The third kappa shape index (κ3) is 2.94. The van der Waals surface area contributed by atoms with E-state index in [0.717, 1.165) is 18.2 Å². The van der Waals surface area contributed by atoms with Crippen LogP contribution in [0.2, 0.25) is 0 Å². The second kappa shape index (κ2) is 6.96. The lowest BCUT2D eigenvalue weighted by Crippen LogP contribution is -2.37. The number of ether oxygens (including phenoxy) is 1. The fourth-order valence-electron chi connectivity index (χ4n) is 4.52. The molecule has 2 fully saturated rings. The zero-order valence-electron chi connectivity index (χ0n) is 14.2. The van der Waals surface area contributed by atoms with Crippen LogP contribution in [-0.2, 0) is 6.54 Å². The molecule has 0 aromatic heterocycles. The highest BCUT2D eigenvalue weighted by Crippen LogP contribution is 2.41. The SMILES string of the molecule is COc1ccccc1CNC1C(c2ccccc2)NC2CCCC21. The van der Waals surface area contributed by atoms with Crippen LogP contribution < -0.4 is 15.4 Å². The standard InChI is InChI=1S/C21H26N2O/c1-24-19-13-6-5-10-16(19)14-22-21-17-11-7-12-18(17)23-20(21)15-8-3-2-4-9-15/h2-6,8-10,13,17-18,20-23H,7,11-12,14H2,1H3. The highest BCUT2D eigenvalue weighted by molar-refractivity contribution is 5.33. The number of nitrogens with one attached hydrogen (secondary N) is 2. The van der Waals surface area contributed by atoms with Gasteiger partial charge in [0.25, 0.3) is 0 Å². The molecule has 2 aromatic rings. The van der Waals surface area contributed by atoms with Gasteiger partial charge in [-0.1, -0.05) is 55.0 Å². The second-order valence-corrected chi connectivity index (χ2v) is 6.97. The number of hydrogen-bond acceptors (Lipinski definition) is 3. The van der Waals surface area contributed by atoms with E-state index in [-0.39, 0.29) is 0 Å². The van der Waals surface area contributed by atoms with E-state index in [1.54, 1.807) is 7.11 Å². The van der Waals surface area contributed by atoms with E-state index >= 15 is 0 Å². The third-order valence-electron chi connectivity index (χ3n) is 5.66. The molecule has 1 saturated carbocycles. The minimum atomic E-state index is 0.399. The number of para-hydroxylation sites is 1. The van der Waals surface area contributed by atoms with Crippen LogP contribution in [0.25, 0.3) is 0 Å².